The summed E-state index contributed by atoms with van der Waals surface area (Å²) in [6, 6.07) is -0.666. The van der Waals surface area contributed by atoms with Gasteiger partial charge in [-0.25, -0.2) is 9.78 Å². The van der Waals surface area contributed by atoms with Crippen molar-refractivity contribution in [2.24, 2.45) is 0 Å². The summed E-state index contributed by atoms with van der Waals surface area (Å²) in [5.74, 6) is -0.248. The lowest BCUT2D eigenvalue weighted by Gasteiger charge is -2.43. The summed E-state index contributed by atoms with van der Waals surface area (Å²) >= 11 is 0. The molecule has 0 aromatic carbocycles. The number of aromatic amines is 2. The van der Waals surface area contributed by atoms with Gasteiger partial charge in [-0.15, -0.1) is 0 Å². The molecule has 0 bridgehead atoms. The molecule has 0 radical (unpaired) electrons. The number of aliphatic hydroxyl groups is 1. The van der Waals surface area contributed by atoms with Gasteiger partial charge in [-0.3, -0.25) is 19.1 Å². The zero-order chi connectivity index (χ0) is 17.5. The zero-order valence-electron chi connectivity index (χ0n) is 13.4. The van der Waals surface area contributed by atoms with E-state index in [1.165, 1.54) is 23.3 Å². The molecule has 2 aromatic rings. The molecule has 1 fully saturated rings. The first-order chi connectivity index (χ1) is 11.3. The largest absolute Gasteiger partial charge is 0.388 e. The van der Waals surface area contributed by atoms with Gasteiger partial charge in [-0.1, -0.05) is 0 Å². The molecule has 2 atom stereocenters. The number of piperidine rings is 1. The second kappa shape index (κ2) is 5.75. The Kier molecular flexibility index (Phi) is 3.88. The monoisotopic (exact) mass is 333 g/mol. The Morgan fingerprint density at radius 1 is 1.46 bits per heavy atom. The lowest BCUT2D eigenvalue weighted by molar-refractivity contribution is -0.0460. The van der Waals surface area contributed by atoms with Crippen LogP contribution < -0.4 is 11.2 Å². The van der Waals surface area contributed by atoms with Gasteiger partial charge < -0.3 is 15.0 Å². The highest BCUT2D eigenvalue weighted by molar-refractivity contribution is 5.92. The normalized spacial score (nSPS) is 24.1. The first kappa shape index (κ1) is 16.2. The van der Waals surface area contributed by atoms with Crippen molar-refractivity contribution >= 4 is 5.91 Å². The molecule has 1 amide bonds. The SMILES string of the molecule is Cc1cn([C@@H]2CN(C(=O)c3cnc[nH]3)CC[C@@]2(C)O)c(=O)[nH]c1=O. The van der Waals surface area contributed by atoms with Gasteiger partial charge in [0, 0.05) is 24.8 Å². The van der Waals surface area contributed by atoms with Crippen LogP contribution in [0.3, 0.4) is 0 Å². The summed E-state index contributed by atoms with van der Waals surface area (Å²) < 4.78 is 1.29. The van der Waals surface area contributed by atoms with Gasteiger partial charge in [0.25, 0.3) is 11.5 Å². The Balaban J connectivity index is 1.96. The average Bonchev–Trinajstić information content (AvgIpc) is 3.05. The van der Waals surface area contributed by atoms with Crippen LogP contribution in [0.15, 0.2) is 28.3 Å². The highest BCUT2D eigenvalue weighted by Crippen LogP contribution is 2.31. The van der Waals surface area contributed by atoms with Crippen LogP contribution in [0.1, 0.15) is 35.4 Å². The van der Waals surface area contributed by atoms with E-state index < -0.39 is 22.9 Å². The van der Waals surface area contributed by atoms with Gasteiger partial charge in [-0.05, 0) is 20.3 Å². The average molecular weight is 333 g/mol. The third-order valence-electron chi connectivity index (χ3n) is 4.50. The second-order valence-corrected chi connectivity index (χ2v) is 6.32. The third-order valence-corrected chi connectivity index (χ3v) is 4.50. The van der Waals surface area contributed by atoms with Crippen LogP contribution in [0.5, 0.6) is 0 Å². The molecule has 0 aliphatic carbocycles. The van der Waals surface area contributed by atoms with E-state index in [2.05, 4.69) is 15.0 Å². The molecule has 1 aliphatic heterocycles. The number of likely N-dealkylation sites (tertiary alicyclic amines) is 1. The van der Waals surface area contributed by atoms with Gasteiger partial charge in [0.1, 0.15) is 5.69 Å². The number of carbonyl (C=O) groups excluding carboxylic acids is 1. The van der Waals surface area contributed by atoms with Gasteiger partial charge >= 0.3 is 5.69 Å². The smallest absolute Gasteiger partial charge is 0.328 e. The number of aromatic nitrogens is 4. The number of carbonyl (C=O) groups is 1. The Bertz CT molecular complexity index is 865. The van der Waals surface area contributed by atoms with Crippen molar-refractivity contribution in [1.82, 2.24) is 24.4 Å². The van der Waals surface area contributed by atoms with Crippen LogP contribution in [0.25, 0.3) is 0 Å². The summed E-state index contributed by atoms with van der Waals surface area (Å²) in [4.78, 5) is 46.6. The minimum atomic E-state index is -1.18. The molecule has 0 unspecified atom stereocenters. The molecule has 24 heavy (non-hydrogen) atoms. The first-order valence-electron chi connectivity index (χ1n) is 7.61. The molecule has 3 heterocycles. The lowest BCUT2D eigenvalue weighted by atomic mass is 9.88. The van der Waals surface area contributed by atoms with Crippen molar-refractivity contribution in [3.8, 4) is 0 Å². The molecule has 9 nitrogen and oxygen atoms in total. The van der Waals surface area contributed by atoms with E-state index >= 15 is 0 Å². The summed E-state index contributed by atoms with van der Waals surface area (Å²) in [6.45, 7) is 3.72. The van der Waals surface area contributed by atoms with E-state index in [4.69, 9.17) is 0 Å². The van der Waals surface area contributed by atoms with E-state index in [-0.39, 0.29) is 12.5 Å². The number of amides is 1. The van der Waals surface area contributed by atoms with Crippen LogP contribution >= 0.6 is 0 Å². The van der Waals surface area contributed by atoms with Gasteiger partial charge in [0.15, 0.2) is 0 Å². The van der Waals surface area contributed by atoms with Crippen LogP contribution in [-0.2, 0) is 0 Å². The molecule has 3 rings (SSSR count). The topological polar surface area (TPSA) is 124 Å². The lowest BCUT2D eigenvalue weighted by Crippen LogP contribution is -2.55. The predicted molar refractivity (Wildman–Crippen MR) is 84.8 cm³/mol. The Morgan fingerprint density at radius 3 is 2.88 bits per heavy atom. The highest BCUT2D eigenvalue weighted by Gasteiger charge is 2.41. The van der Waals surface area contributed by atoms with Crippen LogP contribution in [-0.4, -0.2) is 54.1 Å². The number of imidazole rings is 1. The summed E-state index contributed by atoms with van der Waals surface area (Å²) in [5, 5.41) is 10.7. The number of hydrogen-bond acceptors (Lipinski definition) is 5. The van der Waals surface area contributed by atoms with Gasteiger partial charge in [-0.2, -0.15) is 0 Å². The number of aryl methyl sites for hydroxylation is 1. The molecular weight excluding hydrogens is 314 g/mol. The molecule has 128 valence electrons. The van der Waals surface area contributed by atoms with Crippen molar-refractivity contribution in [2.75, 3.05) is 13.1 Å². The summed E-state index contributed by atoms with van der Waals surface area (Å²) in [5.41, 5.74) is -1.54. The van der Waals surface area contributed by atoms with Crippen LogP contribution in [0.2, 0.25) is 0 Å². The molecule has 1 aliphatic rings. The maximum absolute atomic E-state index is 12.5. The van der Waals surface area contributed by atoms with Gasteiger partial charge in [0.05, 0.1) is 24.2 Å². The van der Waals surface area contributed by atoms with E-state index in [1.807, 2.05) is 0 Å². The van der Waals surface area contributed by atoms with E-state index in [1.54, 1.807) is 18.7 Å². The fraction of sp³-hybridized carbons (Fsp3) is 0.467. The molecule has 0 spiro atoms. The number of nitrogens with one attached hydrogen (secondary N) is 2. The maximum atomic E-state index is 12.5. The minimum absolute atomic E-state index is 0.149. The Labute approximate surface area is 137 Å². The predicted octanol–water partition coefficient (Wildman–Crippen LogP) is -0.594. The van der Waals surface area contributed by atoms with Crippen molar-refractivity contribution in [3.05, 3.63) is 50.8 Å². The Morgan fingerprint density at radius 2 is 2.21 bits per heavy atom. The number of nitrogens with zero attached hydrogens (tertiary/aromatic N) is 3. The van der Waals surface area contributed by atoms with E-state index in [0.29, 0.717) is 24.2 Å². The molecule has 1 saturated heterocycles. The molecule has 9 heteroatoms. The number of rotatable bonds is 2. The third kappa shape index (κ3) is 2.78. The van der Waals surface area contributed by atoms with Crippen LogP contribution in [0.4, 0.5) is 0 Å². The fourth-order valence-electron chi connectivity index (χ4n) is 2.96. The van der Waals surface area contributed by atoms with E-state index in [9.17, 15) is 19.5 Å². The minimum Gasteiger partial charge on any atom is -0.388 e. The standard InChI is InChI=1S/C15H19N5O4/c1-9-6-20(14(23)18-12(9)21)11-7-19(4-3-15(11,2)24)13(22)10-5-16-8-17-10/h5-6,8,11,24H,3-4,7H2,1-2H3,(H,16,17)(H,18,21,23)/t11-,15-/m1/s1. The van der Waals surface area contributed by atoms with Crippen molar-refractivity contribution < 1.29 is 9.90 Å². The quantitative estimate of drug-likeness (QED) is 0.677. The first-order valence-corrected chi connectivity index (χ1v) is 7.61. The highest BCUT2D eigenvalue weighted by atomic mass is 16.3. The van der Waals surface area contributed by atoms with Crippen molar-refractivity contribution in [1.29, 1.82) is 0 Å². The summed E-state index contributed by atoms with van der Waals surface area (Å²) in [6.07, 6.45) is 4.58. The van der Waals surface area contributed by atoms with E-state index in [0.717, 1.165) is 0 Å². The summed E-state index contributed by atoms with van der Waals surface area (Å²) in [7, 11) is 0. The maximum Gasteiger partial charge on any atom is 0.328 e. The second-order valence-electron chi connectivity index (χ2n) is 6.32. The Hall–Kier alpha value is -2.68. The molecule has 2 aromatic heterocycles. The van der Waals surface area contributed by atoms with Gasteiger partial charge in [0.2, 0.25) is 0 Å². The fourth-order valence-corrected chi connectivity index (χ4v) is 2.96. The number of H-pyrrole nitrogens is 2. The zero-order valence-corrected chi connectivity index (χ0v) is 13.4. The number of hydrogen-bond donors (Lipinski definition) is 3. The van der Waals surface area contributed by atoms with Crippen LogP contribution in [0, 0.1) is 6.92 Å². The van der Waals surface area contributed by atoms with Crippen molar-refractivity contribution in [3.63, 3.8) is 0 Å². The molecular formula is C15H19N5O4. The molecule has 0 saturated carbocycles. The molecule has 3 N–H and O–H groups in total. The van der Waals surface area contributed by atoms with Crippen molar-refractivity contribution in [2.45, 2.75) is 31.9 Å².